The van der Waals surface area contributed by atoms with Crippen LogP contribution < -0.4 is 4.90 Å². The Bertz CT molecular complexity index is 2910. The second-order valence-electron chi connectivity index (χ2n) is 14.4. The summed E-state index contributed by atoms with van der Waals surface area (Å²) in [5.41, 5.74) is 19.0. The summed E-state index contributed by atoms with van der Waals surface area (Å²) in [5, 5.41) is 0. The highest BCUT2D eigenvalue weighted by atomic mass is 15.1. The maximum absolute atomic E-state index is 5.40. The molecule has 2 N–H and O–H groups in total. The number of nitrogens with one attached hydrogen (secondary N) is 2. The Hall–Kier alpha value is -7.64. The minimum Gasteiger partial charge on any atom is -0.355 e. The first-order valence-corrected chi connectivity index (χ1v) is 19.0. The van der Waals surface area contributed by atoms with Gasteiger partial charge in [-0.15, -0.1) is 0 Å². The lowest BCUT2D eigenvalue weighted by molar-refractivity contribution is 1.27. The highest BCUT2D eigenvalue weighted by Crippen LogP contribution is 2.39. The molecule has 0 atom stereocenters. The van der Waals surface area contributed by atoms with Crippen molar-refractivity contribution in [1.82, 2.24) is 29.9 Å². The topological polar surface area (TPSA) is 86.4 Å². The van der Waals surface area contributed by atoms with Crippen LogP contribution in [0.5, 0.6) is 0 Å². The second kappa shape index (κ2) is 14.2. The van der Waals surface area contributed by atoms with Crippen LogP contribution in [0.1, 0.15) is 33.9 Å². The Labute approximate surface area is 330 Å². The van der Waals surface area contributed by atoms with Crippen LogP contribution in [0.4, 0.5) is 17.1 Å². The Kier molecular flexibility index (Phi) is 8.45. The summed E-state index contributed by atoms with van der Waals surface area (Å²) >= 11 is 0. The monoisotopic (exact) mass is 735 g/mol. The lowest BCUT2D eigenvalue weighted by atomic mass is 10.0. The van der Waals surface area contributed by atoms with Crippen LogP contribution in [0.25, 0.3) is 79.8 Å². The number of anilines is 3. The highest BCUT2D eigenvalue weighted by Gasteiger charge is 2.18. The third kappa shape index (κ3) is 6.51. The van der Waals surface area contributed by atoms with Gasteiger partial charge >= 0.3 is 0 Å². The van der Waals surface area contributed by atoms with Crippen LogP contribution in [0.3, 0.4) is 0 Å². The zero-order valence-electron chi connectivity index (χ0n) is 31.5. The van der Waals surface area contributed by atoms with E-state index in [1.807, 2.05) is 49.1 Å². The van der Waals surface area contributed by atoms with Crippen molar-refractivity contribution in [2.75, 3.05) is 4.90 Å². The average molecular weight is 736 g/mol. The zero-order chi connectivity index (χ0) is 38.3. The molecule has 2 aliphatic heterocycles. The van der Waals surface area contributed by atoms with Crippen molar-refractivity contribution in [3.63, 3.8) is 0 Å². The number of aryl methyl sites for hydroxylation is 2. The quantitative estimate of drug-likeness (QED) is 0.178. The Morgan fingerprint density at radius 1 is 0.404 bits per heavy atom. The minimum absolute atomic E-state index is 0.858. The van der Waals surface area contributed by atoms with Gasteiger partial charge in [0.05, 0.1) is 22.8 Å². The number of nitrogens with zero attached hydrogens (tertiary/aromatic N) is 5. The van der Waals surface area contributed by atoms with Crippen LogP contribution in [0.15, 0.2) is 152 Å². The summed E-state index contributed by atoms with van der Waals surface area (Å²) in [6.07, 6.45) is 15.7. The molecule has 8 bridgehead atoms. The molecule has 272 valence electrons. The predicted octanol–water partition coefficient (Wildman–Crippen LogP) is 12.5. The fraction of sp³-hybridized carbons (Fsp3) is 0.0400. The number of hydrogen-bond donors (Lipinski definition) is 2. The number of hydrogen-bond acceptors (Lipinski definition) is 5. The highest BCUT2D eigenvalue weighted by molar-refractivity contribution is 5.97. The molecule has 7 heteroatoms. The molecule has 7 heterocycles. The standard InChI is InChI=1S/C50H37N7/c1-32-3-11-39(12-4-32)57(40-13-5-33(2)6-14-40)41-15-7-34(8-16-41)48-44-19-21-46(55-44)49(35-23-27-51-28-24-35)42-17-9-37(53-42)31-38-10-18-43(54-38)50(36-25-29-52-30-26-36)47-22-20-45(48)56-47/h3-31,53,56H,1-2H3. The first-order chi connectivity index (χ1) is 28.0. The van der Waals surface area contributed by atoms with Gasteiger partial charge in [-0.3, -0.25) is 9.97 Å². The van der Waals surface area contributed by atoms with Crippen LogP contribution in [0, 0.1) is 13.8 Å². The molecule has 5 aromatic heterocycles. The fourth-order valence-corrected chi connectivity index (χ4v) is 7.70. The van der Waals surface area contributed by atoms with Crippen LogP contribution in [0.2, 0.25) is 0 Å². The number of fused-ring (bicyclic) bond motifs is 8. The fourth-order valence-electron chi connectivity index (χ4n) is 7.70. The Morgan fingerprint density at radius 2 is 0.825 bits per heavy atom. The maximum Gasteiger partial charge on any atom is 0.0737 e. The summed E-state index contributed by atoms with van der Waals surface area (Å²) in [5.74, 6) is 0. The molecule has 0 saturated carbocycles. The maximum atomic E-state index is 5.40. The van der Waals surface area contributed by atoms with Gasteiger partial charge in [0, 0.05) is 80.6 Å². The van der Waals surface area contributed by atoms with Crippen molar-refractivity contribution in [1.29, 1.82) is 0 Å². The van der Waals surface area contributed by atoms with Crippen molar-refractivity contribution in [3.05, 3.63) is 186 Å². The van der Waals surface area contributed by atoms with E-state index in [9.17, 15) is 0 Å². The molecule has 7 nitrogen and oxygen atoms in total. The molecule has 2 aliphatic rings. The molecule has 0 spiro atoms. The van der Waals surface area contributed by atoms with Crippen LogP contribution in [-0.4, -0.2) is 29.9 Å². The normalized spacial score (nSPS) is 11.9. The van der Waals surface area contributed by atoms with Gasteiger partial charge < -0.3 is 14.9 Å². The lowest BCUT2D eigenvalue weighted by Gasteiger charge is -2.26. The molecule has 8 aromatic rings. The van der Waals surface area contributed by atoms with Gasteiger partial charge in [0.2, 0.25) is 0 Å². The molecule has 0 aliphatic carbocycles. The number of aromatic amines is 2. The molecule has 0 saturated heterocycles. The van der Waals surface area contributed by atoms with E-state index >= 15 is 0 Å². The van der Waals surface area contributed by atoms with Crippen LogP contribution in [-0.2, 0) is 0 Å². The van der Waals surface area contributed by atoms with Gasteiger partial charge in [0.25, 0.3) is 0 Å². The van der Waals surface area contributed by atoms with Crippen molar-refractivity contribution in [3.8, 4) is 33.4 Å². The predicted molar refractivity (Wildman–Crippen MR) is 235 cm³/mol. The Balaban J connectivity index is 1.24. The first-order valence-electron chi connectivity index (χ1n) is 19.0. The number of H-pyrrole nitrogens is 2. The van der Waals surface area contributed by atoms with Gasteiger partial charge in [-0.1, -0.05) is 47.5 Å². The van der Waals surface area contributed by atoms with E-state index in [0.29, 0.717) is 0 Å². The second-order valence-corrected chi connectivity index (χ2v) is 14.4. The molecule has 0 unspecified atom stereocenters. The van der Waals surface area contributed by atoms with Gasteiger partial charge in [-0.05, 0) is 146 Å². The van der Waals surface area contributed by atoms with Gasteiger partial charge in [0.15, 0.2) is 0 Å². The van der Waals surface area contributed by atoms with Crippen molar-refractivity contribution in [2.24, 2.45) is 0 Å². The molecule has 0 fully saturated rings. The van der Waals surface area contributed by atoms with Crippen molar-refractivity contribution < 1.29 is 0 Å². The number of aromatic nitrogens is 6. The Morgan fingerprint density at radius 3 is 1.35 bits per heavy atom. The smallest absolute Gasteiger partial charge is 0.0737 e. The van der Waals surface area contributed by atoms with E-state index in [-0.39, 0.29) is 0 Å². The minimum atomic E-state index is 0.858. The van der Waals surface area contributed by atoms with E-state index in [1.54, 1.807) is 0 Å². The van der Waals surface area contributed by atoms with Gasteiger partial charge in [-0.25, -0.2) is 9.97 Å². The van der Waals surface area contributed by atoms with E-state index in [0.717, 1.165) is 95.3 Å². The summed E-state index contributed by atoms with van der Waals surface area (Å²) < 4.78 is 0. The zero-order valence-corrected chi connectivity index (χ0v) is 31.5. The van der Waals surface area contributed by atoms with E-state index in [2.05, 4.69) is 166 Å². The third-order valence-corrected chi connectivity index (χ3v) is 10.5. The van der Waals surface area contributed by atoms with Crippen molar-refractivity contribution >= 4 is 63.4 Å². The summed E-state index contributed by atoms with van der Waals surface area (Å²) in [6.45, 7) is 4.24. The third-order valence-electron chi connectivity index (χ3n) is 10.5. The van der Waals surface area contributed by atoms with Crippen molar-refractivity contribution in [2.45, 2.75) is 13.8 Å². The first kappa shape index (κ1) is 33.9. The number of pyridine rings is 2. The van der Waals surface area contributed by atoms with Gasteiger partial charge in [0.1, 0.15) is 0 Å². The SMILES string of the molecule is Cc1ccc(N(c2ccc(C)cc2)c2ccc(-c3c4nc(c(-c5ccncc5)c5ccc(cc6nc(c(-c7ccncc7)c7ccc3[nH]7)C=C6)[nH]5)C=C4)cc2)cc1. The molecule has 57 heavy (non-hydrogen) atoms. The number of benzene rings is 3. The number of rotatable bonds is 6. The summed E-state index contributed by atoms with van der Waals surface area (Å²) in [6, 6.07) is 44.8. The molecular weight excluding hydrogens is 699 g/mol. The molecule has 3 aromatic carbocycles. The summed E-state index contributed by atoms with van der Waals surface area (Å²) in [4.78, 5) is 28.9. The largest absolute Gasteiger partial charge is 0.355 e. The molecular formula is C50H37N7. The van der Waals surface area contributed by atoms with E-state index < -0.39 is 0 Å². The molecule has 10 rings (SSSR count). The molecule has 0 radical (unpaired) electrons. The lowest BCUT2D eigenvalue weighted by Crippen LogP contribution is -2.09. The van der Waals surface area contributed by atoms with E-state index in [1.165, 1.54) is 11.1 Å². The van der Waals surface area contributed by atoms with Crippen LogP contribution >= 0.6 is 0 Å². The van der Waals surface area contributed by atoms with E-state index in [4.69, 9.17) is 9.97 Å². The van der Waals surface area contributed by atoms with Gasteiger partial charge in [-0.2, -0.15) is 0 Å². The summed E-state index contributed by atoms with van der Waals surface area (Å²) in [7, 11) is 0. The molecule has 0 amide bonds. The average Bonchev–Trinajstić information content (AvgIpc) is 4.09.